The van der Waals surface area contributed by atoms with E-state index < -0.39 is 0 Å². The van der Waals surface area contributed by atoms with Crippen molar-refractivity contribution in [3.05, 3.63) is 11.6 Å². The van der Waals surface area contributed by atoms with Crippen molar-refractivity contribution in [1.82, 2.24) is 0 Å². The first-order valence-electron chi connectivity index (χ1n) is 6.41. The summed E-state index contributed by atoms with van der Waals surface area (Å²) in [4.78, 5) is 22.2. The van der Waals surface area contributed by atoms with Gasteiger partial charge in [0.2, 0.25) is 0 Å². The van der Waals surface area contributed by atoms with Crippen LogP contribution < -0.4 is 0 Å². The molecule has 0 amide bonds. The Morgan fingerprint density at radius 2 is 2.35 bits per heavy atom. The Morgan fingerprint density at radius 3 is 3.06 bits per heavy atom. The molecule has 2 aliphatic carbocycles. The van der Waals surface area contributed by atoms with Crippen molar-refractivity contribution in [3.8, 4) is 0 Å². The van der Waals surface area contributed by atoms with Gasteiger partial charge in [-0.3, -0.25) is 0 Å². The molecular weight excluding hydrogens is 216 g/mol. The van der Waals surface area contributed by atoms with Gasteiger partial charge in [0.25, 0.3) is 0 Å². The van der Waals surface area contributed by atoms with Gasteiger partial charge in [0, 0.05) is 12.5 Å². The SMILES string of the molecule is CC(=O)CC[C@@H]1[C@H]2CC3=CC(=O)O[C@@H]3C[C@@]12C. The molecule has 0 bridgehead atoms. The van der Waals surface area contributed by atoms with Crippen molar-refractivity contribution in [2.24, 2.45) is 17.3 Å². The number of carbonyl (C=O) groups excluding carboxylic acids is 2. The van der Waals surface area contributed by atoms with Gasteiger partial charge >= 0.3 is 5.97 Å². The minimum atomic E-state index is -0.171. The van der Waals surface area contributed by atoms with Crippen LogP contribution in [0.25, 0.3) is 0 Å². The molecule has 4 atom stereocenters. The first kappa shape index (κ1) is 11.0. The van der Waals surface area contributed by atoms with Gasteiger partial charge in [-0.05, 0) is 49.0 Å². The van der Waals surface area contributed by atoms with Gasteiger partial charge in [-0.25, -0.2) is 4.79 Å². The van der Waals surface area contributed by atoms with Gasteiger partial charge in [0.05, 0.1) is 0 Å². The number of ether oxygens (including phenoxy) is 1. The van der Waals surface area contributed by atoms with Crippen molar-refractivity contribution in [1.29, 1.82) is 0 Å². The Balaban J connectivity index is 1.69. The third-order valence-electron chi connectivity index (χ3n) is 4.93. The predicted molar refractivity (Wildman–Crippen MR) is 62.2 cm³/mol. The van der Waals surface area contributed by atoms with E-state index in [-0.39, 0.29) is 17.9 Å². The zero-order chi connectivity index (χ0) is 12.2. The van der Waals surface area contributed by atoms with Crippen LogP contribution in [0.2, 0.25) is 0 Å². The van der Waals surface area contributed by atoms with Crippen LogP contribution in [0, 0.1) is 17.3 Å². The van der Waals surface area contributed by atoms with Gasteiger partial charge < -0.3 is 9.53 Å². The standard InChI is InChI=1S/C14H18O3/c1-8(15)3-4-10-11-5-9-6-13(16)17-12(9)7-14(10,11)2/h6,10-12H,3-5,7H2,1-2H3/t10-,11-,12-,14+/m1/s1. The van der Waals surface area contributed by atoms with Crippen molar-refractivity contribution in [2.45, 2.75) is 45.6 Å². The first-order valence-corrected chi connectivity index (χ1v) is 6.41. The highest BCUT2D eigenvalue weighted by Gasteiger charge is 2.64. The summed E-state index contributed by atoms with van der Waals surface area (Å²) in [5, 5.41) is 0. The molecule has 0 radical (unpaired) electrons. The van der Waals surface area contributed by atoms with Crippen molar-refractivity contribution >= 4 is 11.8 Å². The molecule has 0 aromatic rings. The molecule has 3 rings (SSSR count). The van der Waals surface area contributed by atoms with Crippen LogP contribution >= 0.6 is 0 Å². The molecular formula is C14H18O3. The molecule has 0 saturated heterocycles. The maximum atomic E-state index is 11.2. The maximum absolute atomic E-state index is 11.2. The summed E-state index contributed by atoms with van der Waals surface area (Å²) in [7, 11) is 0. The van der Waals surface area contributed by atoms with Crippen LogP contribution in [-0.2, 0) is 14.3 Å². The fourth-order valence-electron chi connectivity index (χ4n) is 3.84. The third-order valence-corrected chi connectivity index (χ3v) is 4.93. The van der Waals surface area contributed by atoms with Gasteiger partial charge in [-0.1, -0.05) is 6.92 Å². The Labute approximate surface area is 101 Å². The Hall–Kier alpha value is -1.12. The van der Waals surface area contributed by atoms with Crippen molar-refractivity contribution < 1.29 is 14.3 Å². The minimum absolute atomic E-state index is 0.0334. The van der Waals surface area contributed by atoms with E-state index >= 15 is 0 Å². The van der Waals surface area contributed by atoms with E-state index in [9.17, 15) is 9.59 Å². The molecule has 3 heteroatoms. The molecule has 0 aromatic heterocycles. The molecule has 0 N–H and O–H groups in total. The summed E-state index contributed by atoms with van der Waals surface area (Å²) in [6.45, 7) is 3.94. The molecule has 3 nitrogen and oxygen atoms in total. The molecule has 17 heavy (non-hydrogen) atoms. The largest absolute Gasteiger partial charge is 0.455 e. The highest BCUT2D eigenvalue weighted by Crippen LogP contribution is 2.69. The third kappa shape index (κ3) is 1.63. The summed E-state index contributed by atoms with van der Waals surface area (Å²) in [5.41, 5.74) is 1.49. The van der Waals surface area contributed by atoms with Crippen molar-refractivity contribution in [3.63, 3.8) is 0 Å². The monoisotopic (exact) mass is 234 g/mol. The van der Waals surface area contributed by atoms with E-state index in [0.717, 1.165) is 19.3 Å². The van der Waals surface area contributed by atoms with Crippen molar-refractivity contribution in [2.75, 3.05) is 0 Å². The predicted octanol–water partition coefficient (Wildman–Crippen LogP) is 2.25. The minimum Gasteiger partial charge on any atom is -0.455 e. The lowest BCUT2D eigenvalue weighted by molar-refractivity contribution is -0.139. The topological polar surface area (TPSA) is 43.4 Å². The fraction of sp³-hybridized carbons (Fsp3) is 0.714. The lowest BCUT2D eigenvalue weighted by atomic mass is 9.85. The summed E-state index contributed by atoms with van der Waals surface area (Å²) in [6.07, 6.45) is 5.36. The van der Waals surface area contributed by atoms with Crippen LogP contribution in [0.4, 0.5) is 0 Å². The van der Waals surface area contributed by atoms with E-state index in [1.54, 1.807) is 13.0 Å². The zero-order valence-electron chi connectivity index (χ0n) is 10.4. The number of carbonyl (C=O) groups is 2. The number of ketones is 1. The lowest BCUT2D eigenvalue weighted by Crippen LogP contribution is -2.22. The number of hydrogen-bond acceptors (Lipinski definition) is 3. The van der Waals surface area contributed by atoms with Crippen LogP contribution in [-0.4, -0.2) is 17.9 Å². The zero-order valence-corrected chi connectivity index (χ0v) is 10.4. The smallest absolute Gasteiger partial charge is 0.331 e. The highest BCUT2D eigenvalue weighted by molar-refractivity contribution is 5.86. The number of hydrogen-bond donors (Lipinski definition) is 0. The van der Waals surface area contributed by atoms with E-state index in [1.807, 2.05) is 0 Å². The average Bonchev–Trinajstić information content (AvgIpc) is 2.59. The number of Topliss-reactive ketones (excluding diaryl/α,β-unsaturated/α-hetero) is 1. The normalized spacial score (nSPS) is 42.4. The van der Waals surface area contributed by atoms with Crippen LogP contribution in [0.5, 0.6) is 0 Å². The number of fused-ring (bicyclic) bond motifs is 2. The Morgan fingerprint density at radius 1 is 1.59 bits per heavy atom. The molecule has 2 saturated carbocycles. The summed E-state index contributed by atoms with van der Waals surface area (Å²) in [6, 6.07) is 0. The first-order chi connectivity index (χ1) is 8.00. The summed E-state index contributed by atoms with van der Waals surface area (Å²) < 4.78 is 5.30. The van der Waals surface area contributed by atoms with Gasteiger partial charge in [-0.15, -0.1) is 0 Å². The number of esters is 1. The summed E-state index contributed by atoms with van der Waals surface area (Å²) >= 11 is 0. The average molecular weight is 234 g/mol. The Kier molecular flexibility index (Phi) is 2.22. The fourth-order valence-corrected chi connectivity index (χ4v) is 3.84. The van der Waals surface area contributed by atoms with E-state index in [4.69, 9.17) is 4.74 Å². The molecule has 0 spiro atoms. The Bertz CT molecular complexity index is 423. The van der Waals surface area contributed by atoms with E-state index in [0.29, 0.717) is 23.7 Å². The van der Waals surface area contributed by atoms with E-state index in [1.165, 1.54) is 5.57 Å². The molecule has 1 heterocycles. The van der Waals surface area contributed by atoms with Crippen LogP contribution in [0.3, 0.4) is 0 Å². The molecule has 0 aromatic carbocycles. The van der Waals surface area contributed by atoms with Crippen LogP contribution in [0.1, 0.15) is 39.5 Å². The second-order valence-corrected chi connectivity index (χ2v) is 6.01. The molecule has 92 valence electrons. The molecule has 0 unspecified atom stereocenters. The van der Waals surface area contributed by atoms with Crippen LogP contribution in [0.15, 0.2) is 11.6 Å². The number of rotatable bonds is 3. The second kappa shape index (κ2) is 3.44. The van der Waals surface area contributed by atoms with Gasteiger partial charge in [0.1, 0.15) is 11.9 Å². The molecule has 1 aliphatic heterocycles. The van der Waals surface area contributed by atoms with Gasteiger partial charge in [-0.2, -0.15) is 0 Å². The van der Waals surface area contributed by atoms with E-state index in [2.05, 4.69) is 6.92 Å². The quantitative estimate of drug-likeness (QED) is 0.703. The second-order valence-electron chi connectivity index (χ2n) is 6.01. The summed E-state index contributed by atoms with van der Waals surface area (Å²) in [5.74, 6) is 1.42. The lowest BCUT2D eigenvalue weighted by Gasteiger charge is -2.24. The molecule has 3 aliphatic rings. The molecule has 2 fully saturated rings. The van der Waals surface area contributed by atoms with Gasteiger partial charge in [0.15, 0.2) is 0 Å². The highest BCUT2D eigenvalue weighted by atomic mass is 16.5. The maximum Gasteiger partial charge on any atom is 0.331 e.